The van der Waals surface area contributed by atoms with Crippen LogP contribution in [0.25, 0.3) is 0 Å². The lowest BCUT2D eigenvalue weighted by Crippen LogP contribution is -2.41. The number of carbonyl (C=O) groups is 1. The van der Waals surface area contributed by atoms with Crippen molar-refractivity contribution in [2.45, 2.75) is 31.7 Å². The molecule has 3 nitrogen and oxygen atoms in total. The first-order valence-electron chi connectivity index (χ1n) is 7.50. The lowest BCUT2D eigenvalue weighted by Gasteiger charge is -2.27. The van der Waals surface area contributed by atoms with E-state index in [9.17, 15) is 4.79 Å². The summed E-state index contributed by atoms with van der Waals surface area (Å²) in [6.07, 6.45) is 4.07. The molecule has 0 saturated carbocycles. The molecular formula is C16H21ClN2O. The van der Waals surface area contributed by atoms with Gasteiger partial charge in [-0.05, 0) is 43.9 Å². The molecule has 1 aromatic carbocycles. The molecule has 2 saturated heterocycles. The maximum Gasteiger partial charge on any atom is 0.227 e. The highest BCUT2D eigenvalue weighted by atomic mass is 35.5. The van der Waals surface area contributed by atoms with Crippen molar-refractivity contribution >= 4 is 17.5 Å². The number of amides is 1. The molecular weight excluding hydrogens is 272 g/mol. The Balaban J connectivity index is 1.69. The average molecular weight is 293 g/mol. The van der Waals surface area contributed by atoms with Gasteiger partial charge in [-0.3, -0.25) is 4.79 Å². The lowest BCUT2D eigenvalue weighted by molar-refractivity contribution is -0.135. The molecule has 0 aliphatic carbocycles. The summed E-state index contributed by atoms with van der Waals surface area (Å²) >= 11 is 6.24. The van der Waals surface area contributed by atoms with Gasteiger partial charge in [-0.25, -0.2) is 0 Å². The second-order valence-corrected chi connectivity index (χ2v) is 6.22. The fourth-order valence-corrected chi connectivity index (χ4v) is 3.57. The van der Waals surface area contributed by atoms with Gasteiger partial charge in [0.2, 0.25) is 5.91 Å². The summed E-state index contributed by atoms with van der Waals surface area (Å²) in [5.41, 5.74) is 1.16. The van der Waals surface area contributed by atoms with Crippen molar-refractivity contribution in [1.29, 1.82) is 0 Å². The summed E-state index contributed by atoms with van der Waals surface area (Å²) in [5, 5.41) is 4.10. The molecule has 2 aliphatic heterocycles. The quantitative estimate of drug-likeness (QED) is 0.928. The summed E-state index contributed by atoms with van der Waals surface area (Å²) in [6.45, 7) is 2.72. The minimum atomic E-state index is 0.182. The predicted octanol–water partition coefficient (Wildman–Crippen LogP) is 2.48. The van der Waals surface area contributed by atoms with E-state index in [1.807, 2.05) is 18.2 Å². The van der Waals surface area contributed by atoms with Crippen LogP contribution in [0.5, 0.6) is 0 Å². The van der Waals surface area contributed by atoms with Crippen LogP contribution in [0.2, 0.25) is 5.02 Å². The van der Waals surface area contributed by atoms with Crippen molar-refractivity contribution in [3.05, 3.63) is 34.9 Å². The summed E-state index contributed by atoms with van der Waals surface area (Å²) in [7, 11) is 0. The van der Waals surface area contributed by atoms with Gasteiger partial charge in [-0.2, -0.15) is 0 Å². The third-order valence-electron chi connectivity index (χ3n) is 4.48. The number of halogens is 1. The van der Waals surface area contributed by atoms with E-state index in [4.69, 9.17) is 11.6 Å². The molecule has 1 aromatic rings. The Bertz CT molecular complexity index is 485. The molecule has 0 spiro atoms. The number of rotatable bonds is 3. The Labute approximate surface area is 125 Å². The van der Waals surface area contributed by atoms with E-state index >= 15 is 0 Å². The lowest BCUT2D eigenvalue weighted by atomic mass is 10.0. The first kappa shape index (κ1) is 13.9. The van der Waals surface area contributed by atoms with Crippen LogP contribution in [0, 0.1) is 5.92 Å². The maximum atomic E-state index is 12.6. The topological polar surface area (TPSA) is 32.3 Å². The second-order valence-electron chi connectivity index (χ2n) is 5.81. The third kappa shape index (κ3) is 2.84. The summed E-state index contributed by atoms with van der Waals surface area (Å²) in [4.78, 5) is 14.7. The van der Waals surface area contributed by atoms with Crippen LogP contribution in [-0.2, 0) is 11.2 Å². The smallest absolute Gasteiger partial charge is 0.227 e. The first-order chi connectivity index (χ1) is 9.75. The van der Waals surface area contributed by atoms with E-state index in [0.29, 0.717) is 11.9 Å². The number of hydrogen-bond donors (Lipinski definition) is 1. The van der Waals surface area contributed by atoms with E-state index in [1.54, 1.807) is 0 Å². The third-order valence-corrected chi connectivity index (χ3v) is 4.85. The molecule has 0 unspecified atom stereocenters. The normalized spacial score (nSPS) is 26.1. The van der Waals surface area contributed by atoms with E-state index in [1.165, 1.54) is 0 Å². The highest BCUT2D eigenvalue weighted by Crippen LogP contribution is 2.27. The Morgan fingerprint density at radius 1 is 1.35 bits per heavy atom. The summed E-state index contributed by atoms with van der Waals surface area (Å²) in [6, 6.07) is 8.29. The van der Waals surface area contributed by atoms with E-state index in [-0.39, 0.29) is 5.92 Å². The van der Waals surface area contributed by atoms with Crippen molar-refractivity contribution in [1.82, 2.24) is 10.2 Å². The predicted molar refractivity (Wildman–Crippen MR) is 80.9 cm³/mol. The molecule has 3 rings (SSSR count). The number of nitrogens with one attached hydrogen (secondary N) is 1. The molecule has 2 fully saturated rings. The molecule has 2 heterocycles. The van der Waals surface area contributed by atoms with Crippen molar-refractivity contribution in [3.63, 3.8) is 0 Å². The van der Waals surface area contributed by atoms with Gasteiger partial charge >= 0.3 is 0 Å². The van der Waals surface area contributed by atoms with Crippen LogP contribution in [0.4, 0.5) is 0 Å². The summed E-state index contributed by atoms with van der Waals surface area (Å²) in [5.74, 6) is 0.520. The highest BCUT2D eigenvalue weighted by Gasteiger charge is 2.34. The second kappa shape index (κ2) is 6.15. The Hall–Kier alpha value is -1.06. The van der Waals surface area contributed by atoms with Crippen LogP contribution in [-0.4, -0.2) is 36.5 Å². The van der Waals surface area contributed by atoms with Crippen LogP contribution >= 0.6 is 11.6 Å². The number of nitrogens with zero attached hydrogens (tertiary/aromatic N) is 1. The van der Waals surface area contributed by atoms with Crippen LogP contribution in [0.1, 0.15) is 24.8 Å². The Morgan fingerprint density at radius 3 is 2.95 bits per heavy atom. The number of benzene rings is 1. The van der Waals surface area contributed by atoms with Gasteiger partial charge in [0, 0.05) is 24.2 Å². The standard InChI is InChI=1S/C16H21ClN2O/c17-15-6-2-1-4-12(15)10-14-5-3-9-19(14)16(20)13-7-8-18-11-13/h1-2,4,6,13-14,18H,3,5,7-11H2/t13-,14+/m1/s1. The minimum Gasteiger partial charge on any atom is -0.339 e. The van der Waals surface area contributed by atoms with Crippen LogP contribution in [0.15, 0.2) is 24.3 Å². The Morgan fingerprint density at radius 2 is 2.20 bits per heavy atom. The van der Waals surface area contributed by atoms with E-state index in [2.05, 4.69) is 16.3 Å². The van der Waals surface area contributed by atoms with Crippen LogP contribution < -0.4 is 5.32 Å². The van der Waals surface area contributed by atoms with Crippen molar-refractivity contribution in [2.75, 3.05) is 19.6 Å². The molecule has 20 heavy (non-hydrogen) atoms. The molecule has 0 radical (unpaired) electrons. The van der Waals surface area contributed by atoms with Crippen LogP contribution in [0.3, 0.4) is 0 Å². The molecule has 1 N–H and O–H groups in total. The van der Waals surface area contributed by atoms with Crippen molar-refractivity contribution in [2.24, 2.45) is 5.92 Å². The van der Waals surface area contributed by atoms with Crippen molar-refractivity contribution in [3.8, 4) is 0 Å². The Kier molecular flexibility index (Phi) is 4.27. The van der Waals surface area contributed by atoms with E-state index < -0.39 is 0 Å². The fraction of sp³-hybridized carbons (Fsp3) is 0.562. The van der Waals surface area contributed by atoms with Gasteiger partial charge in [0.05, 0.1) is 5.92 Å². The number of likely N-dealkylation sites (tertiary alicyclic amines) is 1. The number of hydrogen-bond acceptors (Lipinski definition) is 2. The molecule has 1 amide bonds. The molecule has 0 bridgehead atoms. The monoisotopic (exact) mass is 292 g/mol. The number of carbonyl (C=O) groups excluding carboxylic acids is 1. The fourth-order valence-electron chi connectivity index (χ4n) is 3.36. The van der Waals surface area contributed by atoms with E-state index in [0.717, 1.165) is 55.9 Å². The van der Waals surface area contributed by atoms with Gasteiger partial charge in [-0.1, -0.05) is 29.8 Å². The highest BCUT2D eigenvalue weighted by molar-refractivity contribution is 6.31. The molecule has 2 aliphatic rings. The molecule has 108 valence electrons. The first-order valence-corrected chi connectivity index (χ1v) is 7.88. The van der Waals surface area contributed by atoms with Gasteiger partial charge in [0.25, 0.3) is 0 Å². The largest absolute Gasteiger partial charge is 0.339 e. The van der Waals surface area contributed by atoms with Crippen molar-refractivity contribution < 1.29 is 4.79 Å². The maximum absolute atomic E-state index is 12.6. The minimum absolute atomic E-state index is 0.182. The summed E-state index contributed by atoms with van der Waals surface area (Å²) < 4.78 is 0. The van der Waals surface area contributed by atoms with Gasteiger partial charge < -0.3 is 10.2 Å². The van der Waals surface area contributed by atoms with Gasteiger partial charge in [-0.15, -0.1) is 0 Å². The zero-order valence-electron chi connectivity index (χ0n) is 11.6. The zero-order chi connectivity index (χ0) is 13.9. The van der Waals surface area contributed by atoms with Gasteiger partial charge in [0.15, 0.2) is 0 Å². The average Bonchev–Trinajstić information content (AvgIpc) is 3.11. The zero-order valence-corrected chi connectivity index (χ0v) is 12.4. The molecule has 4 heteroatoms. The molecule has 0 aromatic heterocycles. The SMILES string of the molecule is O=C([C@@H]1CCNC1)N1CCC[C@H]1Cc1ccccc1Cl. The van der Waals surface area contributed by atoms with Gasteiger partial charge in [0.1, 0.15) is 0 Å². The molecule has 2 atom stereocenters.